The van der Waals surface area contributed by atoms with Gasteiger partial charge in [0.05, 0.1) is 21.8 Å². The van der Waals surface area contributed by atoms with Crippen LogP contribution in [0.2, 0.25) is 5.02 Å². The number of hydrogen-bond acceptors (Lipinski definition) is 4. The molecule has 1 aliphatic rings. The number of amides is 1. The van der Waals surface area contributed by atoms with E-state index in [-0.39, 0.29) is 22.4 Å². The summed E-state index contributed by atoms with van der Waals surface area (Å²) in [6.45, 7) is 8.70. The Balaban J connectivity index is 1.95. The minimum absolute atomic E-state index is 0.00241. The number of halogens is 1. The van der Waals surface area contributed by atoms with Gasteiger partial charge in [-0.1, -0.05) is 37.6 Å². The Hall–Kier alpha value is -2.25. The second kappa shape index (κ2) is 8.47. The molecule has 1 N–H and O–H groups in total. The highest BCUT2D eigenvalue weighted by Crippen LogP contribution is 2.39. The van der Waals surface area contributed by atoms with Crippen LogP contribution in [-0.2, 0) is 14.8 Å². The lowest BCUT2D eigenvalue weighted by Gasteiger charge is -2.28. The predicted octanol–water partition coefficient (Wildman–Crippen LogP) is 4.94. The van der Waals surface area contributed by atoms with Crippen LogP contribution in [-0.4, -0.2) is 27.5 Å². The average molecular weight is 451 g/mol. The highest BCUT2D eigenvalue weighted by Gasteiger charge is 2.37. The van der Waals surface area contributed by atoms with Gasteiger partial charge in [0.25, 0.3) is 10.0 Å². The fourth-order valence-electron chi connectivity index (χ4n) is 3.19. The molecule has 0 aliphatic carbocycles. The van der Waals surface area contributed by atoms with E-state index in [1.165, 1.54) is 12.1 Å². The monoisotopic (exact) mass is 450 g/mol. The molecule has 2 aromatic rings. The van der Waals surface area contributed by atoms with Crippen molar-refractivity contribution in [3.05, 3.63) is 47.5 Å². The number of rotatable bonds is 6. The summed E-state index contributed by atoms with van der Waals surface area (Å²) in [6.07, 6.45) is 0.849. The number of carbonyl (C=O) groups is 1. The molecule has 0 saturated heterocycles. The van der Waals surface area contributed by atoms with Crippen LogP contribution >= 0.6 is 11.6 Å². The molecule has 6 nitrogen and oxygen atoms in total. The van der Waals surface area contributed by atoms with Crippen LogP contribution in [0.25, 0.3) is 0 Å². The highest BCUT2D eigenvalue weighted by molar-refractivity contribution is 7.92. The molecular formula is C22H27ClN2O4S. The number of ether oxygens (including phenoxy) is 1. The summed E-state index contributed by atoms with van der Waals surface area (Å²) in [5.74, 6) is 0.901. The summed E-state index contributed by atoms with van der Waals surface area (Å²) < 4.78 is 34.0. The second-order valence-corrected chi connectivity index (χ2v) is 10.6. The molecule has 0 bridgehead atoms. The van der Waals surface area contributed by atoms with E-state index in [0.29, 0.717) is 29.6 Å². The van der Waals surface area contributed by atoms with Crippen LogP contribution in [0, 0.1) is 11.3 Å². The fraction of sp³-hybridized carbons (Fsp3) is 0.409. The van der Waals surface area contributed by atoms with E-state index in [0.717, 1.165) is 6.42 Å². The quantitative estimate of drug-likeness (QED) is 0.676. The van der Waals surface area contributed by atoms with Crippen molar-refractivity contribution in [1.82, 2.24) is 0 Å². The number of anilines is 2. The SMILES string of the molecule is CC(C)CCN1C(=O)C(C)(C)COc2cc(NS(=O)(=O)c3ccccc3Cl)ccc21. The van der Waals surface area contributed by atoms with E-state index >= 15 is 0 Å². The first-order chi connectivity index (χ1) is 14.0. The average Bonchev–Trinajstić information content (AvgIpc) is 2.75. The smallest absolute Gasteiger partial charge is 0.263 e. The predicted molar refractivity (Wildman–Crippen MR) is 120 cm³/mol. The Morgan fingerprint density at radius 3 is 2.57 bits per heavy atom. The van der Waals surface area contributed by atoms with Gasteiger partial charge in [-0.2, -0.15) is 0 Å². The number of sulfonamides is 1. The Bertz CT molecular complexity index is 1050. The molecule has 1 heterocycles. The maximum atomic E-state index is 13.1. The van der Waals surface area contributed by atoms with Crippen LogP contribution < -0.4 is 14.4 Å². The first-order valence-electron chi connectivity index (χ1n) is 9.87. The molecule has 0 saturated carbocycles. The van der Waals surface area contributed by atoms with Gasteiger partial charge in [0, 0.05) is 12.6 Å². The molecule has 8 heteroatoms. The van der Waals surface area contributed by atoms with E-state index < -0.39 is 15.4 Å². The summed E-state index contributed by atoms with van der Waals surface area (Å²) in [7, 11) is -3.87. The maximum absolute atomic E-state index is 13.1. The van der Waals surface area contributed by atoms with Crippen LogP contribution in [0.1, 0.15) is 34.1 Å². The van der Waals surface area contributed by atoms with Gasteiger partial charge < -0.3 is 9.64 Å². The first kappa shape index (κ1) is 22.4. The Kier molecular flexibility index (Phi) is 6.34. The zero-order chi connectivity index (χ0) is 22.1. The molecule has 1 aliphatic heterocycles. The molecular weight excluding hydrogens is 424 g/mol. The van der Waals surface area contributed by atoms with Crippen molar-refractivity contribution in [2.45, 2.75) is 39.0 Å². The second-order valence-electron chi connectivity index (χ2n) is 8.53. The van der Waals surface area contributed by atoms with Crippen molar-refractivity contribution in [3.63, 3.8) is 0 Å². The van der Waals surface area contributed by atoms with Crippen LogP contribution in [0.3, 0.4) is 0 Å². The minimum Gasteiger partial charge on any atom is -0.490 e. The van der Waals surface area contributed by atoms with Crippen molar-refractivity contribution in [2.75, 3.05) is 22.8 Å². The minimum atomic E-state index is -3.87. The molecule has 162 valence electrons. The number of benzene rings is 2. The third-order valence-corrected chi connectivity index (χ3v) is 6.85. The third-order valence-electron chi connectivity index (χ3n) is 4.97. The molecule has 0 atom stereocenters. The fourth-order valence-corrected chi connectivity index (χ4v) is 4.76. The van der Waals surface area contributed by atoms with Gasteiger partial charge in [-0.3, -0.25) is 9.52 Å². The number of nitrogens with zero attached hydrogens (tertiary/aromatic N) is 1. The topological polar surface area (TPSA) is 75.7 Å². The Labute approximate surface area is 183 Å². The van der Waals surface area contributed by atoms with E-state index in [9.17, 15) is 13.2 Å². The molecule has 0 fully saturated rings. The lowest BCUT2D eigenvalue weighted by Crippen LogP contribution is -2.42. The van der Waals surface area contributed by atoms with Crippen LogP contribution in [0.4, 0.5) is 11.4 Å². The van der Waals surface area contributed by atoms with Crippen molar-refractivity contribution in [3.8, 4) is 5.75 Å². The van der Waals surface area contributed by atoms with E-state index in [1.807, 2.05) is 13.8 Å². The molecule has 30 heavy (non-hydrogen) atoms. The van der Waals surface area contributed by atoms with Gasteiger partial charge >= 0.3 is 0 Å². The molecule has 3 rings (SSSR count). The van der Waals surface area contributed by atoms with Crippen molar-refractivity contribution in [1.29, 1.82) is 0 Å². The van der Waals surface area contributed by atoms with E-state index in [2.05, 4.69) is 18.6 Å². The van der Waals surface area contributed by atoms with Gasteiger partial charge in [-0.15, -0.1) is 0 Å². The van der Waals surface area contributed by atoms with Gasteiger partial charge in [0.1, 0.15) is 17.3 Å². The van der Waals surface area contributed by atoms with Gasteiger partial charge in [0.15, 0.2) is 0 Å². The number of fused-ring (bicyclic) bond motifs is 1. The molecule has 1 amide bonds. The largest absolute Gasteiger partial charge is 0.490 e. The van der Waals surface area contributed by atoms with Crippen LogP contribution in [0.5, 0.6) is 5.75 Å². The van der Waals surface area contributed by atoms with Crippen molar-refractivity contribution >= 4 is 38.9 Å². The Morgan fingerprint density at radius 1 is 1.20 bits per heavy atom. The maximum Gasteiger partial charge on any atom is 0.263 e. The van der Waals surface area contributed by atoms with Gasteiger partial charge in [-0.05, 0) is 50.5 Å². The lowest BCUT2D eigenvalue weighted by atomic mass is 9.92. The normalized spacial score (nSPS) is 16.1. The zero-order valence-electron chi connectivity index (χ0n) is 17.6. The highest BCUT2D eigenvalue weighted by atomic mass is 35.5. The first-order valence-corrected chi connectivity index (χ1v) is 11.7. The van der Waals surface area contributed by atoms with Crippen molar-refractivity contribution < 1.29 is 17.9 Å². The Morgan fingerprint density at radius 2 is 1.90 bits per heavy atom. The molecule has 0 radical (unpaired) electrons. The summed E-state index contributed by atoms with van der Waals surface area (Å²) in [5, 5.41) is 0.142. The lowest BCUT2D eigenvalue weighted by molar-refractivity contribution is -0.127. The summed E-state index contributed by atoms with van der Waals surface area (Å²) >= 11 is 6.05. The standard InChI is InChI=1S/C22H27ClN2O4S/c1-15(2)11-12-25-18-10-9-16(13-19(18)29-14-22(3,4)21(25)26)24-30(27,28)20-8-6-5-7-17(20)23/h5-10,13,15,24H,11-12,14H2,1-4H3. The van der Waals surface area contributed by atoms with Gasteiger partial charge in [-0.25, -0.2) is 8.42 Å². The third kappa shape index (κ3) is 4.73. The summed E-state index contributed by atoms with van der Waals surface area (Å²) in [5.41, 5.74) is 0.296. The van der Waals surface area contributed by atoms with E-state index in [4.69, 9.17) is 16.3 Å². The van der Waals surface area contributed by atoms with Crippen molar-refractivity contribution in [2.24, 2.45) is 11.3 Å². The molecule has 0 unspecified atom stereocenters. The number of hydrogen-bond donors (Lipinski definition) is 1. The summed E-state index contributed by atoms with van der Waals surface area (Å²) in [6, 6.07) is 11.2. The zero-order valence-corrected chi connectivity index (χ0v) is 19.2. The molecule has 0 aromatic heterocycles. The molecule has 0 spiro atoms. The molecule has 2 aromatic carbocycles. The van der Waals surface area contributed by atoms with Gasteiger partial charge in [0.2, 0.25) is 5.91 Å². The van der Waals surface area contributed by atoms with E-state index in [1.54, 1.807) is 35.2 Å². The number of nitrogens with one attached hydrogen (secondary N) is 1. The summed E-state index contributed by atoms with van der Waals surface area (Å²) in [4.78, 5) is 14.8. The number of carbonyl (C=O) groups excluding carboxylic acids is 1. The van der Waals surface area contributed by atoms with Crippen LogP contribution in [0.15, 0.2) is 47.4 Å².